The van der Waals surface area contributed by atoms with Crippen molar-refractivity contribution in [3.63, 3.8) is 0 Å². The van der Waals surface area contributed by atoms with Gasteiger partial charge in [0.1, 0.15) is 4.90 Å². The minimum atomic E-state index is -3.82. The quantitative estimate of drug-likeness (QED) is 0.811. The fraction of sp³-hybridized carbons (Fsp3) is 0.455. The molecule has 1 atom stereocenters. The Morgan fingerprint density at radius 1 is 1.37 bits per heavy atom. The van der Waals surface area contributed by atoms with Gasteiger partial charge in [0.05, 0.1) is 16.8 Å². The van der Waals surface area contributed by atoms with Crippen molar-refractivity contribution >= 4 is 38.9 Å². The molecule has 2 rings (SSSR count). The van der Waals surface area contributed by atoms with Crippen LogP contribution >= 0.6 is 23.2 Å². The van der Waals surface area contributed by atoms with Crippen LogP contribution in [0.5, 0.6) is 0 Å². The molecule has 5 nitrogen and oxygen atoms in total. The molecule has 106 valence electrons. The highest BCUT2D eigenvalue weighted by Gasteiger charge is 2.32. The Hall–Kier alpha value is -0.530. The summed E-state index contributed by atoms with van der Waals surface area (Å²) in [5.74, 6) is 0. The van der Waals surface area contributed by atoms with E-state index in [0.717, 1.165) is 0 Å². The van der Waals surface area contributed by atoms with E-state index in [4.69, 9.17) is 28.9 Å². The molecular weight excluding hydrogens is 311 g/mol. The number of nitrogens with two attached hydrogens (primary N) is 1. The first kappa shape index (κ1) is 14.9. The van der Waals surface area contributed by atoms with E-state index in [1.807, 2.05) is 0 Å². The molecule has 1 aliphatic rings. The number of β-amino-alcohol motifs (C(OH)–C–C–N with tert-alkyl or cyclic N) is 1. The van der Waals surface area contributed by atoms with Crippen LogP contribution in [0.15, 0.2) is 17.0 Å². The van der Waals surface area contributed by atoms with Gasteiger partial charge in [0.15, 0.2) is 0 Å². The average Bonchev–Trinajstić information content (AvgIpc) is 2.26. The van der Waals surface area contributed by atoms with Gasteiger partial charge in [-0.05, 0) is 25.0 Å². The summed E-state index contributed by atoms with van der Waals surface area (Å²) >= 11 is 11.7. The van der Waals surface area contributed by atoms with Crippen LogP contribution in [0, 0.1) is 0 Å². The number of rotatable bonds is 2. The number of benzene rings is 1. The maximum absolute atomic E-state index is 12.5. The second kappa shape index (κ2) is 5.46. The number of hydrogen-bond donors (Lipinski definition) is 2. The Kier molecular flexibility index (Phi) is 4.27. The maximum atomic E-state index is 12.5. The Labute approximate surface area is 122 Å². The molecule has 1 aromatic rings. The minimum Gasteiger partial charge on any atom is -0.398 e. The summed E-state index contributed by atoms with van der Waals surface area (Å²) in [6.07, 6.45) is 0.539. The van der Waals surface area contributed by atoms with E-state index in [2.05, 4.69) is 0 Å². The molecule has 0 amide bonds. The Morgan fingerprint density at radius 3 is 2.63 bits per heavy atom. The third-order valence-electron chi connectivity index (χ3n) is 2.99. The van der Waals surface area contributed by atoms with E-state index in [9.17, 15) is 13.5 Å². The van der Waals surface area contributed by atoms with E-state index in [-0.39, 0.29) is 27.2 Å². The lowest BCUT2D eigenvalue weighted by Gasteiger charge is -2.29. The molecule has 1 aromatic carbocycles. The predicted molar refractivity (Wildman–Crippen MR) is 74.9 cm³/mol. The molecule has 1 heterocycles. The SMILES string of the molecule is Nc1cc(Cl)cc(Cl)c1S(=O)(=O)N1CCCC(O)C1. The molecular formula is C11H14Cl2N2O3S. The van der Waals surface area contributed by atoms with Gasteiger partial charge in [0.25, 0.3) is 0 Å². The fourth-order valence-corrected chi connectivity index (χ4v) is 4.58. The lowest BCUT2D eigenvalue weighted by Crippen LogP contribution is -2.42. The number of nitrogen functional groups attached to an aromatic ring is 1. The van der Waals surface area contributed by atoms with Crippen LogP contribution in [0.25, 0.3) is 0 Å². The van der Waals surface area contributed by atoms with Crippen molar-refractivity contribution in [1.29, 1.82) is 0 Å². The summed E-state index contributed by atoms with van der Waals surface area (Å²) in [5, 5.41) is 9.85. The highest BCUT2D eigenvalue weighted by molar-refractivity contribution is 7.89. The van der Waals surface area contributed by atoms with Crippen molar-refractivity contribution in [2.24, 2.45) is 0 Å². The molecule has 0 radical (unpaired) electrons. The normalized spacial score (nSPS) is 21.5. The van der Waals surface area contributed by atoms with E-state index in [0.29, 0.717) is 19.4 Å². The predicted octanol–water partition coefficient (Wildman–Crippen LogP) is 1.72. The molecule has 1 aliphatic heterocycles. The first-order valence-corrected chi connectivity index (χ1v) is 7.94. The van der Waals surface area contributed by atoms with Crippen LogP contribution in [-0.2, 0) is 10.0 Å². The summed E-state index contributed by atoms with van der Waals surface area (Å²) in [6.45, 7) is 0.401. The van der Waals surface area contributed by atoms with Crippen molar-refractivity contribution in [2.75, 3.05) is 18.8 Å². The van der Waals surface area contributed by atoms with E-state index < -0.39 is 16.1 Å². The van der Waals surface area contributed by atoms with Gasteiger partial charge in [-0.1, -0.05) is 23.2 Å². The van der Waals surface area contributed by atoms with Crippen LogP contribution in [0.3, 0.4) is 0 Å². The minimum absolute atomic E-state index is 0.00920. The van der Waals surface area contributed by atoms with Crippen molar-refractivity contribution in [3.05, 3.63) is 22.2 Å². The van der Waals surface area contributed by atoms with Gasteiger partial charge in [-0.25, -0.2) is 8.42 Å². The highest BCUT2D eigenvalue weighted by Crippen LogP contribution is 2.34. The van der Waals surface area contributed by atoms with Crippen molar-refractivity contribution in [2.45, 2.75) is 23.8 Å². The van der Waals surface area contributed by atoms with Crippen molar-refractivity contribution < 1.29 is 13.5 Å². The first-order chi connectivity index (χ1) is 8.82. The third kappa shape index (κ3) is 2.98. The number of hydrogen-bond acceptors (Lipinski definition) is 4. The van der Waals surface area contributed by atoms with Crippen molar-refractivity contribution in [3.8, 4) is 0 Å². The second-order valence-electron chi connectivity index (χ2n) is 4.47. The van der Waals surface area contributed by atoms with E-state index in [1.165, 1.54) is 16.4 Å². The second-order valence-corrected chi connectivity index (χ2v) is 7.18. The molecule has 8 heteroatoms. The zero-order valence-electron chi connectivity index (χ0n) is 10.0. The summed E-state index contributed by atoms with van der Waals surface area (Å²) in [5.41, 5.74) is 5.72. The molecule has 19 heavy (non-hydrogen) atoms. The topological polar surface area (TPSA) is 83.6 Å². The number of nitrogens with zero attached hydrogens (tertiary/aromatic N) is 1. The lowest BCUT2D eigenvalue weighted by atomic mass is 10.1. The van der Waals surface area contributed by atoms with Gasteiger partial charge < -0.3 is 10.8 Å². The molecule has 3 N–H and O–H groups in total. The standard InChI is InChI=1S/C11H14Cl2N2O3S/c12-7-4-9(13)11(10(14)5-7)19(17,18)15-3-1-2-8(16)6-15/h4-5,8,16H,1-3,6,14H2. The summed E-state index contributed by atoms with van der Waals surface area (Å²) in [6, 6.07) is 2.69. The van der Waals surface area contributed by atoms with Crippen LogP contribution in [0.2, 0.25) is 10.0 Å². The fourth-order valence-electron chi connectivity index (χ4n) is 2.12. The number of anilines is 1. The Bertz CT molecular complexity index is 569. The van der Waals surface area contributed by atoms with Crippen molar-refractivity contribution in [1.82, 2.24) is 4.31 Å². The molecule has 1 unspecified atom stereocenters. The van der Waals surface area contributed by atoms with E-state index in [1.54, 1.807) is 0 Å². The van der Waals surface area contributed by atoms with Crippen LogP contribution in [0.1, 0.15) is 12.8 Å². The summed E-state index contributed by atoms with van der Waals surface area (Å²) in [4.78, 5) is -0.146. The number of piperidine rings is 1. The number of aliphatic hydroxyl groups excluding tert-OH is 1. The number of halogens is 2. The zero-order valence-corrected chi connectivity index (χ0v) is 12.3. The zero-order chi connectivity index (χ0) is 14.2. The van der Waals surface area contributed by atoms with Gasteiger partial charge in [0.2, 0.25) is 10.0 Å². The Balaban J connectivity index is 2.45. The monoisotopic (exact) mass is 324 g/mol. The third-order valence-corrected chi connectivity index (χ3v) is 5.61. The van der Waals surface area contributed by atoms with Gasteiger partial charge in [-0.15, -0.1) is 0 Å². The smallest absolute Gasteiger partial charge is 0.246 e. The molecule has 0 spiro atoms. The molecule has 1 saturated heterocycles. The Morgan fingerprint density at radius 2 is 2.05 bits per heavy atom. The van der Waals surface area contributed by atoms with Crippen LogP contribution in [-0.4, -0.2) is 37.0 Å². The number of aliphatic hydroxyl groups is 1. The molecule has 0 bridgehead atoms. The lowest BCUT2D eigenvalue weighted by molar-refractivity contribution is 0.108. The summed E-state index contributed by atoms with van der Waals surface area (Å²) < 4.78 is 26.2. The average molecular weight is 325 g/mol. The summed E-state index contributed by atoms with van der Waals surface area (Å²) in [7, 11) is -3.82. The van der Waals surface area contributed by atoms with Crippen LogP contribution < -0.4 is 5.73 Å². The van der Waals surface area contributed by atoms with Gasteiger partial charge >= 0.3 is 0 Å². The number of sulfonamides is 1. The van der Waals surface area contributed by atoms with Gasteiger partial charge in [0, 0.05) is 18.1 Å². The highest BCUT2D eigenvalue weighted by atomic mass is 35.5. The first-order valence-electron chi connectivity index (χ1n) is 5.75. The van der Waals surface area contributed by atoms with Crippen LogP contribution in [0.4, 0.5) is 5.69 Å². The molecule has 1 fully saturated rings. The molecule has 0 saturated carbocycles. The van der Waals surface area contributed by atoms with Gasteiger partial charge in [-0.2, -0.15) is 4.31 Å². The largest absolute Gasteiger partial charge is 0.398 e. The van der Waals surface area contributed by atoms with E-state index >= 15 is 0 Å². The molecule has 0 aliphatic carbocycles. The van der Waals surface area contributed by atoms with Gasteiger partial charge in [-0.3, -0.25) is 0 Å². The molecule has 0 aromatic heterocycles. The maximum Gasteiger partial charge on any atom is 0.246 e.